The summed E-state index contributed by atoms with van der Waals surface area (Å²) in [6.07, 6.45) is -0.528. The molecule has 2 rings (SSSR count). The SMILES string of the molecule is C[C@H](Oc1cccc(I)c1)C(=O)c1ccc(Cl)cc1. The zero-order chi connectivity index (χ0) is 13.8. The minimum atomic E-state index is -0.528. The van der Waals surface area contributed by atoms with Crippen LogP contribution in [0.2, 0.25) is 5.02 Å². The highest BCUT2D eigenvalue weighted by Gasteiger charge is 2.16. The second kappa shape index (κ2) is 6.39. The summed E-state index contributed by atoms with van der Waals surface area (Å²) in [7, 11) is 0. The molecule has 0 unspecified atom stereocenters. The van der Waals surface area contributed by atoms with Crippen LogP contribution < -0.4 is 4.74 Å². The number of benzene rings is 2. The summed E-state index contributed by atoms with van der Waals surface area (Å²) in [5, 5.41) is 0.614. The van der Waals surface area contributed by atoms with Crippen molar-refractivity contribution < 1.29 is 9.53 Å². The molecule has 0 aliphatic heterocycles. The Kier molecular flexibility index (Phi) is 4.82. The fourth-order valence-corrected chi connectivity index (χ4v) is 2.29. The number of carbonyl (C=O) groups is 1. The molecule has 0 saturated heterocycles. The van der Waals surface area contributed by atoms with E-state index in [-0.39, 0.29) is 5.78 Å². The van der Waals surface area contributed by atoms with Crippen molar-refractivity contribution in [3.8, 4) is 5.75 Å². The van der Waals surface area contributed by atoms with Gasteiger partial charge in [0.2, 0.25) is 5.78 Å². The minimum absolute atomic E-state index is 0.0597. The monoisotopic (exact) mass is 386 g/mol. The van der Waals surface area contributed by atoms with Gasteiger partial charge in [-0.15, -0.1) is 0 Å². The first-order chi connectivity index (χ1) is 9.06. The first-order valence-corrected chi connectivity index (χ1v) is 7.24. The molecule has 19 heavy (non-hydrogen) atoms. The Morgan fingerprint density at radius 1 is 1.21 bits per heavy atom. The van der Waals surface area contributed by atoms with Crippen LogP contribution >= 0.6 is 34.2 Å². The number of ether oxygens (including phenoxy) is 1. The summed E-state index contributed by atoms with van der Waals surface area (Å²) >= 11 is 8.00. The number of hydrogen-bond donors (Lipinski definition) is 0. The number of carbonyl (C=O) groups excluding carboxylic acids is 1. The smallest absolute Gasteiger partial charge is 0.202 e. The molecular weight excluding hydrogens is 375 g/mol. The summed E-state index contributed by atoms with van der Waals surface area (Å²) < 4.78 is 6.72. The fourth-order valence-electron chi connectivity index (χ4n) is 1.65. The van der Waals surface area contributed by atoms with Gasteiger partial charge in [-0.3, -0.25) is 4.79 Å². The van der Waals surface area contributed by atoms with E-state index in [1.54, 1.807) is 31.2 Å². The third-order valence-corrected chi connectivity index (χ3v) is 3.53. The average molecular weight is 387 g/mol. The zero-order valence-corrected chi connectivity index (χ0v) is 13.2. The van der Waals surface area contributed by atoms with Crippen molar-refractivity contribution in [1.82, 2.24) is 0 Å². The van der Waals surface area contributed by atoms with Gasteiger partial charge >= 0.3 is 0 Å². The maximum atomic E-state index is 12.2. The van der Waals surface area contributed by atoms with Gasteiger partial charge in [0.15, 0.2) is 6.10 Å². The highest BCUT2D eigenvalue weighted by molar-refractivity contribution is 14.1. The van der Waals surface area contributed by atoms with E-state index in [4.69, 9.17) is 16.3 Å². The lowest BCUT2D eigenvalue weighted by molar-refractivity contribution is 0.0818. The summed E-state index contributed by atoms with van der Waals surface area (Å²) in [4.78, 5) is 12.2. The maximum Gasteiger partial charge on any atom is 0.202 e. The van der Waals surface area contributed by atoms with E-state index in [1.807, 2.05) is 24.3 Å². The highest BCUT2D eigenvalue weighted by atomic mass is 127. The number of ketones is 1. The molecule has 2 aromatic carbocycles. The van der Waals surface area contributed by atoms with Gasteiger partial charge in [0.05, 0.1) is 0 Å². The molecule has 0 amide bonds. The molecule has 0 aliphatic carbocycles. The van der Waals surface area contributed by atoms with E-state index in [9.17, 15) is 4.79 Å². The van der Waals surface area contributed by atoms with E-state index >= 15 is 0 Å². The molecule has 4 heteroatoms. The highest BCUT2D eigenvalue weighted by Crippen LogP contribution is 2.18. The Bertz CT molecular complexity index is 581. The zero-order valence-electron chi connectivity index (χ0n) is 10.3. The molecule has 98 valence electrons. The van der Waals surface area contributed by atoms with Crippen molar-refractivity contribution in [3.63, 3.8) is 0 Å². The third kappa shape index (κ3) is 3.94. The van der Waals surface area contributed by atoms with Crippen LogP contribution in [0.15, 0.2) is 48.5 Å². The molecule has 2 aromatic rings. The Morgan fingerprint density at radius 2 is 1.89 bits per heavy atom. The van der Waals surface area contributed by atoms with Crippen LogP contribution in [-0.2, 0) is 0 Å². The molecule has 0 radical (unpaired) electrons. The first-order valence-electron chi connectivity index (χ1n) is 5.78. The first kappa shape index (κ1) is 14.3. The predicted octanol–water partition coefficient (Wildman–Crippen LogP) is 4.59. The van der Waals surface area contributed by atoms with Gasteiger partial charge < -0.3 is 4.74 Å². The van der Waals surface area contributed by atoms with Crippen LogP contribution in [0, 0.1) is 3.57 Å². The van der Waals surface area contributed by atoms with Gasteiger partial charge in [0.1, 0.15) is 5.75 Å². The van der Waals surface area contributed by atoms with E-state index < -0.39 is 6.10 Å². The summed E-state index contributed by atoms with van der Waals surface area (Å²) in [5.74, 6) is 0.636. The molecule has 0 saturated carbocycles. The van der Waals surface area contributed by atoms with Crippen LogP contribution in [0.1, 0.15) is 17.3 Å². The maximum absolute atomic E-state index is 12.2. The molecule has 0 aliphatic rings. The van der Waals surface area contributed by atoms with E-state index in [0.717, 1.165) is 3.57 Å². The Hall–Kier alpha value is -1.07. The van der Waals surface area contributed by atoms with Crippen LogP contribution in [0.25, 0.3) is 0 Å². The Labute approximate surface area is 130 Å². The van der Waals surface area contributed by atoms with Crippen molar-refractivity contribution in [3.05, 3.63) is 62.7 Å². The second-order valence-electron chi connectivity index (χ2n) is 4.09. The van der Waals surface area contributed by atoms with Crippen molar-refractivity contribution in [2.45, 2.75) is 13.0 Å². The number of rotatable bonds is 4. The molecular formula is C15H12ClIO2. The molecule has 0 fully saturated rings. The summed E-state index contributed by atoms with van der Waals surface area (Å²) in [6, 6.07) is 14.4. The quantitative estimate of drug-likeness (QED) is 0.567. The lowest BCUT2D eigenvalue weighted by Gasteiger charge is -2.14. The molecule has 0 bridgehead atoms. The predicted molar refractivity (Wildman–Crippen MR) is 85.0 cm³/mol. The van der Waals surface area contributed by atoms with Crippen LogP contribution in [0.5, 0.6) is 5.75 Å². The molecule has 0 aromatic heterocycles. The Balaban J connectivity index is 2.09. The lowest BCUT2D eigenvalue weighted by Crippen LogP contribution is -2.23. The van der Waals surface area contributed by atoms with Crippen LogP contribution in [-0.4, -0.2) is 11.9 Å². The fraction of sp³-hybridized carbons (Fsp3) is 0.133. The normalized spacial score (nSPS) is 11.9. The molecule has 0 N–H and O–H groups in total. The van der Waals surface area contributed by atoms with Gasteiger partial charge in [-0.1, -0.05) is 17.7 Å². The largest absolute Gasteiger partial charge is 0.483 e. The molecule has 0 spiro atoms. The number of hydrogen-bond acceptors (Lipinski definition) is 2. The van der Waals surface area contributed by atoms with Crippen molar-refractivity contribution in [2.75, 3.05) is 0 Å². The van der Waals surface area contributed by atoms with Crippen molar-refractivity contribution >= 4 is 40.0 Å². The summed E-state index contributed by atoms with van der Waals surface area (Å²) in [5.41, 5.74) is 0.600. The topological polar surface area (TPSA) is 26.3 Å². The summed E-state index contributed by atoms with van der Waals surface area (Å²) in [6.45, 7) is 1.75. The van der Waals surface area contributed by atoms with Gasteiger partial charge in [0, 0.05) is 14.2 Å². The minimum Gasteiger partial charge on any atom is -0.483 e. The third-order valence-electron chi connectivity index (χ3n) is 2.61. The van der Waals surface area contributed by atoms with Crippen molar-refractivity contribution in [2.24, 2.45) is 0 Å². The molecule has 0 heterocycles. The standard InChI is InChI=1S/C15H12ClIO2/c1-10(19-14-4-2-3-13(17)9-14)15(18)11-5-7-12(16)8-6-11/h2-10H,1H3/t10-/m0/s1. The van der Waals surface area contributed by atoms with E-state index in [0.29, 0.717) is 16.3 Å². The van der Waals surface area contributed by atoms with Gasteiger partial charge in [0.25, 0.3) is 0 Å². The van der Waals surface area contributed by atoms with Crippen molar-refractivity contribution in [1.29, 1.82) is 0 Å². The van der Waals surface area contributed by atoms with Crippen LogP contribution in [0.4, 0.5) is 0 Å². The van der Waals surface area contributed by atoms with E-state index in [2.05, 4.69) is 22.6 Å². The van der Waals surface area contributed by atoms with Gasteiger partial charge in [-0.05, 0) is 72.0 Å². The Morgan fingerprint density at radius 3 is 2.53 bits per heavy atom. The second-order valence-corrected chi connectivity index (χ2v) is 5.77. The number of halogens is 2. The number of Topliss-reactive ketones (excluding diaryl/α,β-unsaturated/α-hetero) is 1. The average Bonchev–Trinajstić information content (AvgIpc) is 2.39. The van der Waals surface area contributed by atoms with Gasteiger partial charge in [-0.2, -0.15) is 0 Å². The van der Waals surface area contributed by atoms with Gasteiger partial charge in [-0.25, -0.2) is 0 Å². The van der Waals surface area contributed by atoms with E-state index in [1.165, 1.54) is 0 Å². The van der Waals surface area contributed by atoms with Crippen LogP contribution in [0.3, 0.4) is 0 Å². The molecule has 1 atom stereocenters. The lowest BCUT2D eigenvalue weighted by atomic mass is 10.1. The molecule has 2 nitrogen and oxygen atoms in total.